The normalized spacial score (nSPS) is 37.3. The lowest BCUT2D eigenvalue weighted by molar-refractivity contribution is -0.105. The van der Waals surface area contributed by atoms with Gasteiger partial charge in [0.2, 0.25) is 0 Å². The summed E-state index contributed by atoms with van der Waals surface area (Å²) in [6, 6.07) is 0.563. The first-order chi connectivity index (χ1) is 7.69. The molecule has 0 aromatic heterocycles. The number of hydrogen-bond acceptors (Lipinski definition) is 3. The van der Waals surface area contributed by atoms with Crippen LogP contribution in [0, 0.1) is 5.92 Å². The minimum atomic E-state index is 0.350. The molecule has 0 amide bonds. The smallest absolute Gasteiger partial charge is 0.0626 e. The number of ether oxygens (including phenoxy) is 2. The zero-order valence-electron chi connectivity index (χ0n) is 10.7. The Labute approximate surface area is 98.9 Å². The molecule has 0 aromatic rings. The van der Waals surface area contributed by atoms with Crippen LogP contribution < -0.4 is 5.32 Å². The zero-order chi connectivity index (χ0) is 11.5. The van der Waals surface area contributed by atoms with Gasteiger partial charge >= 0.3 is 0 Å². The lowest BCUT2D eigenvalue weighted by atomic mass is 10.0. The van der Waals surface area contributed by atoms with Crippen LogP contribution in [0.1, 0.15) is 39.5 Å². The van der Waals surface area contributed by atoms with Gasteiger partial charge in [0.1, 0.15) is 0 Å². The SMILES string of the molecule is CNC(COC1CC(C)OC(C)C1)C1CC1. The van der Waals surface area contributed by atoms with E-state index in [2.05, 4.69) is 19.2 Å². The molecule has 0 aromatic carbocycles. The number of hydrogen-bond donors (Lipinski definition) is 1. The number of nitrogens with one attached hydrogen (secondary N) is 1. The van der Waals surface area contributed by atoms with Crippen LogP contribution in [0.25, 0.3) is 0 Å². The third kappa shape index (κ3) is 3.44. The Kier molecular flexibility index (Phi) is 4.22. The second-order valence-corrected chi connectivity index (χ2v) is 5.42. The Hall–Kier alpha value is -0.120. The molecule has 1 saturated carbocycles. The Morgan fingerprint density at radius 2 is 1.88 bits per heavy atom. The first-order valence-corrected chi connectivity index (χ1v) is 6.63. The van der Waals surface area contributed by atoms with Gasteiger partial charge in [-0.25, -0.2) is 0 Å². The fourth-order valence-electron chi connectivity index (χ4n) is 2.67. The van der Waals surface area contributed by atoms with Gasteiger partial charge in [0.25, 0.3) is 0 Å². The summed E-state index contributed by atoms with van der Waals surface area (Å²) in [6.07, 6.45) is 5.93. The summed E-state index contributed by atoms with van der Waals surface area (Å²) in [5, 5.41) is 3.37. The molecule has 0 radical (unpaired) electrons. The summed E-state index contributed by atoms with van der Waals surface area (Å²) in [6.45, 7) is 5.15. The highest BCUT2D eigenvalue weighted by atomic mass is 16.5. The average Bonchev–Trinajstić information content (AvgIpc) is 3.01. The lowest BCUT2D eigenvalue weighted by Crippen LogP contribution is -2.38. The third-order valence-corrected chi connectivity index (χ3v) is 3.73. The largest absolute Gasteiger partial charge is 0.376 e. The van der Waals surface area contributed by atoms with Gasteiger partial charge in [-0.15, -0.1) is 0 Å². The van der Waals surface area contributed by atoms with E-state index in [1.165, 1.54) is 12.8 Å². The van der Waals surface area contributed by atoms with E-state index in [0.717, 1.165) is 25.4 Å². The molecule has 2 rings (SSSR count). The standard InChI is InChI=1S/C13H25NO2/c1-9-6-12(7-10(2)16-9)15-8-13(14-3)11-4-5-11/h9-14H,4-8H2,1-3H3. The highest BCUT2D eigenvalue weighted by Gasteiger charge is 2.32. The maximum Gasteiger partial charge on any atom is 0.0626 e. The van der Waals surface area contributed by atoms with Crippen LogP contribution in [0.4, 0.5) is 0 Å². The molecular weight excluding hydrogens is 202 g/mol. The van der Waals surface area contributed by atoms with Crippen LogP contribution in [0.15, 0.2) is 0 Å². The Morgan fingerprint density at radius 1 is 1.25 bits per heavy atom. The lowest BCUT2D eigenvalue weighted by Gasteiger charge is -2.32. The minimum Gasteiger partial charge on any atom is -0.376 e. The molecule has 0 bridgehead atoms. The molecule has 3 heteroatoms. The van der Waals surface area contributed by atoms with E-state index in [4.69, 9.17) is 9.47 Å². The van der Waals surface area contributed by atoms with Crippen molar-refractivity contribution in [1.82, 2.24) is 5.32 Å². The van der Waals surface area contributed by atoms with Crippen molar-refractivity contribution in [3.05, 3.63) is 0 Å². The van der Waals surface area contributed by atoms with Crippen molar-refractivity contribution >= 4 is 0 Å². The topological polar surface area (TPSA) is 30.5 Å². The molecule has 1 aliphatic heterocycles. The second-order valence-electron chi connectivity index (χ2n) is 5.42. The Bertz CT molecular complexity index is 208. The maximum absolute atomic E-state index is 6.04. The second kappa shape index (κ2) is 5.48. The van der Waals surface area contributed by atoms with E-state index >= 15 is 0 Å². The van der Waals surface area contributed by atoms with Crippen molar-refractivity contribution in [3.63, 3.8) is 0 Å². The summed E-state index contributed by atoms with van der Waals surface area (Å²) < 4.78 is 11.7. The predicted octanol–water partition coefficient (Wildman–Crippen LogP) is 1.96. The quantitative estimate of drug-likeness (QED) is 0.779. The van der Waals surface area contributed by atoms with E-state index in [-0.39, 0.29) is 0 Å². The van der Waals surface area contributed by atoms with Crippen LogP contribution in [-0.4, -0.2) is 38.0 Å². The van der Waals surface area contributed by atoms with Gasteiger partial charge in [-0.3, -0.25) is 0 Å². The molecule has 1 N–H and O–H groups in total. The molecule has 3 nitrogen and oxygen atoms in total. The van der Waals surface area contributed by atoms with E-state index in [9.17, 15) is 0 Å². The van der Waals surface area contributed by atoms with E-state index in [1.54, 1.807) is 0 Å². The van der Waals surface area contributed by atoms with Crippen molar-refractivity contribution in [2.75, 3.05) is 13.7 Å². The van der Waals surface area contributed by atoms with Gasteiger partial charge in [-0.1, -0.05) is 0 Å². The molecule has 0 spiro atoms. The monoisotopic (exact) mass is 227 g/mol. The average molecular weight is 227 g/mol. The van der Waals surface area contributed by atoms with Crippen molar-refractivity contribution < 1.29 is 9.47 Å². The molecule has 3 atom stereocenters. The maximum atomic E-state index is 6.04. The van der Waals surface area contributed by atoms with Gasteiger partial charge < -0.3 is 14.8 Å². The van der Waals surface area contributed by atoms with Crippen LogP contribution in [-0.2, 0) is 9.47 Å². The summed E-state index contributed by atoms with van der Waals surface area (Å²) in [7, 11) is 2.04. The Morgan fingerprint density at radius 3 is 2.38 bits per heavy atom. The predicted molar refractivity (Wildman–Crippen MR) is 64.6 cm³/mol. The minimum absolute atomic E-state index is 0.350. The van der Waals surface area contributed by atoms with Crippen LogP contribution in [0.3, 0.4) is 0 Å². The molecular formula is C13H25NO2. The highest BCUT2D eigenvalue weighted by molar-refractivity contribution is 4.86. The van der Waals surface area contributed by atoms with Gasteiger partial charge in [0.15, 0.2) is 0 Å². The van der Waals surface area contributed by atoms with Gasteiger partial charge in [0.05, 0.1) is 24.9 Å². The van der Waals surface area contributed by atoms with E-state index in [1.807, 2.05) is 7.05 Å². The van der Waals surface area contributed by atoms with Crippen LogP contribution >= 0.6 is 0 Å². The molecule has 94 valence electrons. The van der Waals surface area contributed by atoms with Crippen molar-refractivity contribution in [2.45, 2.75) is 63.9 Å². The molecule has 2 fully saturated rings. The fraction of sp³-hybridized carbons (Fsp3) is 1.00. The number of rotatable bonds is 5. The van der Waals surface area contributed by atoms with Crippen molar-refractivity contribution in [2.24, 2.45) is 5.92 Å². The van der Waals surface area contributed by atoms with Crippen molar-refractivity contribution in [1.29, 1.82) is 0 Å². The Balaban J connectivity index is 1.71. The van der Waals surface area contributed by atoms with Gasteiger partial charge in [-0.05, 0) is 52.5 Å². The molecule has 2 aliphatic rings. The first-order valence-electron chi connectivity index (χ1n) is 6.63. The van der Waals surface area contributed by atoms with Gasteiger partial charge in [0, 0.05) is 6.04 Å². The van der Waals surface area contributed by atoms with Crippen LogP contribution in [0.2, 0.25) is 0 Å². The zero-order valence-corrected chi connectivity index (χ0v) is 10.7. The molecule has 16 heavy (non-hydrogen) atoms. The third-order valence-electron chi connectivity index (χ3n) is 3.73. The fourth-order valence-corrected chi connectivity index (χ4v) is 2.67. The summed E-state index contributed by atoms with van der Waals surface area (Å²) in [4.78, 5) is 0. The van der Waals surface area contributed by atoms with Gasteiger partial charge in [-0.2, -0.15) is 0 Å². The van der Waals surface area contributed by atoms with Crippen LogP contribution in [0.5, 0.6) is 0 Å². The number of likely N-dealkylation sites (N-methyl/N-ethyl adjacent to an activating group) is 1. The van der Waals surface area contributed by atoms with Crippen molar-refractivity contribution in [3.8, 4) is 0 Å². The molecule has 1 saturated heterocycles. The first kappa shape index (κ1) is 12.3. The summed E-state index contributed by atoms with van der Waals surface area (Å²) in [5.41, 5.74) is 0. The molecule has 1 aliphatic carbocycles. The molecule has 3 unspecified atom stereocenters. The summed E-state index contributed by atoms with van der Waals surface area (Å²) in [5.74, 6) is 0.861. The van der Waals surface area contributed by atoms with E-state index in [0.29, 0.717) is 24.4 Å². The summed E-state index contributed by atoms with van der Waals surface area (Å²) >= 11 is 0. The van der Waals surface area contributed by atoms with E-state index < -0.39 is 0 Å². The molecule has 1 heterocycles. The highest BCUT2D eigenvalue weighted by Crippen LogP contribution is 2.33.